The van der Waals surface area contributed by atoms with Crippen molar-refractivity contribution < 1.29 is 14.5 Å². The molecule has 0 fully saturated rings. The van der Waals surface area contributed by atoms with E-state index in [9.17, 15) is 14.9 Å². The highest BCUT2D eigenvalue weighted by Gasteiger charge is 2.19. The molecule has 9 nitrogen and oxygen atoms in total. The van der Waals surface area contributed by atoms with Gasteiger partial charge in [-0.25, -0.2) is 9.67 Å². The zero-order valence-corrected chi connectivity index (χ0v) is 17.8. The number of amides is 1. The first-order valence-corrected chi connectivity index (χ1v) is 9.89. The highest BCUT2D eigenvalue weighted by molar-refractivity contribution is 5.97. The summed E-state index contributed by atoms with van der Waals surface area (Å²) < 4.78 is 6.73. The van der Waals surface area contributed by atoms with Gasteiger partial charge in [-0.1, -0.05) is 18.2 Å². The van der Waals surface area contributed by atoms with Crippen LogP contribution in [-0.4, -0.2) is 32.7 Å². The summed E-state index contributed by atoms with van der Waals surface area (Å²) in [5, 5.41) is 19.3. The van der Waals surface area contributed by atoms with Gasteiger partial charge in [0.1, 0.15) is 18.0 Å². The van der Waals surface area contributed by atoms with Crippen LogP contribution in [0.3, 0.4) is 0 Å². The van der Waals surface area contributed by atoms with Gasteiger partial charge >= 0.3 is 0 Å². The van der Waals surface area contributed by atoms with Gasteiger partial charge in [0.05, 0.1) is 17.7 Å². The van der Waals surface area contributed by atoms with Crippen LogP contribution in [0.1, 0.15) is 11.3 Å². The average Bonchev–Trinajstić information content (AvgIpc) is 3.10. The van der Waals surface area contributed by atoms with E-state index in [1.807, 2.05) is 37.3 Å². The second-order valence-electron chi connectivity index (χ2n) is 7.35. The number of nitrogens with zero attached hydrogens (tertiary/aromatic N) is 4. The van der Waals surface area contributed by atoms with Crippen LogP contribution in [0.2, 0.25) is 0 Å². The fourth-order valence-corrected chi connectivity index (χ4v) is 3.63. The fourth-order valence-electron chi connectivity index (χ4n) is 3.63. The number of hydrogen-bond acceptors (Lipinski definition) is 6. The number of fused-ring (bicyclic) bond motifs is 1. The molecule has 0 spiro atoms. The lowest BCUT2D eigenvalue weighted by atomic mass is 10.0. The molecule has 4 rings (SSSR count). The number of aryl methyl sites for hydroxylation is 2. The van der Waals surface area contributed by atoms with Crippen LogP contribution in [0, 0.1) is 24.0 Å². The molecule has 1 amide bonds. The minimum absolute atomic E-state index is 0.131. The highest BCUT2D eigenvalue weighted by Crippen LogP contribution is 2.31. The molecule has 0 bridgehead atoms. The maximum atomic E-state index is 12.7. The number of hydrogen-bond donors (Lipinski definition) is 1. The third-order valence-corrected chi connectivity index (χ3v) is 5.13. The Kier molecular flexibility index (Phi) is 5.55. The van der Waals surface area contributed by atoms with E-state index < -0.39 is 10.8 Å². The Bertz CT molecular complexity index is 1330. The summed E-state index contributed by atoms with van der Waals surface area (Å²) in [6, 6.07) is 14.2. The summed E-state index contributed by atoms with van der Waals surface area (Å²) in [6.45, 7) is 3.48. The Hall–Kier alpha value is -4.27. The number of pyridine rings is 1. The van der Waals surface area contributed by atoms with E-state index in [1.165, 1.54) is 16.8 Å². The molecule has 2 aromatic heterocycles. The van der Waals surface area contributed by atoms with Crippen LogP contribution in [0.25, 0.3) is 22.2 Å². The van der Waals surface area contributed by atoms with Crippen LogP contribution in [0.4, 0.5) is 11.4 Å². The molecule has 0 saturated carbocycles. The second kappa shape index (κ2) is 8.46. The number of ether oxygens (including phenoxy) is 1. The molecule has 32 heavy (non-hydrogen) atoms. The summed E-state index contributed by atoms with van der Waals surface area (Å²) >= 11 is 0. The van der Waals surface area contributed by atoms with Crippen molar-refractivity contribution in [2.45, 2.75) is 20.4 Å². The summed E-state index contributed by atoms with van der Waals surface area (Å²) in [6.07, 6.45) is 1.67. The Morgan fingerprint density at radius 3 is 2.59 bits per heavy atom. The van der Waals surface area contributed by atoms with E-state index in [0.717, 1.165) is 33.5 Å². The number of carbonyl (C=O) groups is 1. The number of nitrogens with one attached hydrogen (secondary N) is 1. The van der Waals surface area contributed by atoms with E-state index in [0.29, 0.717) is 5.65 Å². The molecular formula is C23H21N5O4. The van der Waals surface area contributed by atoms with E-state index in [2.05, 4.69) is 15.4 Å². The minimum Gasteiger partial charge on any atom is -0.497 e. The quantitative estimate of drug-likeness (QED) is 0.360. The number of rotatable bonds is 6. The number of nitro groups is 1. The molecule has 4 aromatic rings. The van der Waals surface area contributed by atoms with Gasteiger partial charge in [0.15, 0.2) is 5.65 Å². The summed E-state index contributed by atoms with van der Waals surface area (Å²) in [7, 11) is 1.62. The van der Waals surface area contributed by atoms with Gasteiger partial charge < -0.3 is 10.1 Å². The molecule has 9 heteroatoms. The molecule has 2 aromatic carbocycles. The van der Waals surface area contributed by atoms with E-state index in [1.54, 1.807) is 26.3 Å². The van der Waals surface area contributed by atoms with Crippen molar-refractivity contribution in [1.82, 2.24) is 14.8 Å². The fraction of sp³-hybridized carbons (Fsp3) is 0.174. The third kappa shape index (κ3) is 4.00. The smallest absolute Gasteiger partial charge is 0.293 e. The highest BCUT2D eigenvalue weighted by atomic mass is 16.6. The first kappa shape index (κ1) is 21.0. The zero-order chi connectivity index (χ0) is 22.8. The van der Waals surface area contributed by atoms with Crippen molar-refractivity contribution in [3.63, 3.8) is 0 Å². The Morgan fingerprint density at radius 2 is 1.91 bits per heavy atom. The maximum absolute atomic E-state index is 12.7. The van der Waals surface area contributed by atoms with Gasteiger partial charge in [-0.2, -0.15) is 5.10 Å². The Morgan fingerprint density at radius 1 is 1.16 bits per heavy atom. The molecule has 0 atom stereocenters. The standard InChI is InChI=1S/C23H21N5O4/c1-14-4-9-19(20(12-14)28(30)31)25-21(29)13-27-23-22(15(2)26-27)18(10-11-24-23)16-5-7-17(32-3)8-6-16/h4-12H,13H2,1-3H3,(H,25,29). The maximum Gasteiger partial charge on any atom is 0.293 e. The Labute approximate surface area is 183 Å². The average molecular weight is 431 g/mol. The van der Waals surface area contributed by atoms with Crippen molar-refractivity contribution in [3.05, 3.63) is 76.1 Å². The van der Waals surface area contributed by atoms with Crippen molar-refractivity contribution in [2.75, 3.05) is 12.4 Å². The number of carbonyl (C=O) groups excluding carboxylic acids is 1. The molecule has 162 valence electrons. The summed E-state index contributed by atoms with van der Waals surface area (Å²) in [5.74, 6) is 0.325. The number of aromatic nitrogens is 3. The molecule has 0 saturated heterocycles. The molecule has 1 N–H and O–H groups in total. The molecular weight excluding hydrogens is 410 g/mol. The lowest BCUT2D eigenvalue weighted by Gasteiger charge is -2.08. The monoisotopic (exact) mass is 431 g/mol. The molecule has 0 aliphatic carbocycles. The van der Waals surface area contributed by atoms with Crippen molar-refractivity contribution >= 4 is 28.3 Å². The zero-order valence-electron chi connectivity index (χ0n) is 17.8. The molecule has 0 aliphatic heterocycles. The summed E-state index contributed by atoms with van der Waals surface area (Å²) in [4.78, 5) is 27.9. The lowest BCUT2D eigenvalue weighted by molar-refractivity contribution is -0.384. The minimum atomic E-state index is -0.515. The largest absolute Gasteiger partial charge is 0.497 e. The first-order chi connectivity index (χ1) is 15.4. The molecule has 2 heterocycles. The SMILES string of the molecule is COc1ccc(-c2ccnc3c2c(C)nn3CC(=O)Nc2ccc(C)cc2[N+](=O)[O-])cc1. The number of methoxy groups -OCH3 is 1. The predicted octanol–water partition coefficient (Wildman–Crippen LogP) is 4.27. The Balaban J connectivity index is 1.65. The van der Waals surface area contributed by atoms with Gasteiger partial charge in [0.25, 0.3) is 5.69 Å². The molecule has 0 aliphatic rings. The van der Waals surface area contributed by atoms with Gasteiger partial charge in [-0.15, -0.1) is 0 Å². The third-order valence-electron chi connectivity index (χ3n) is 5.13. The normalized spacial score (nSPS) is 10.8. The van der Waals surface area contributed by atoms with E-state index in [4.69, 9.17) is 4.74 Å². The van der Waals surface area contributed by atoms with Crippen LogP contribution < -0.4 is 10.1 Å². The number of nitro benzene ring substituents is 1. The van der Waals surface area contributed by atoms with Crippen LogP contribution >= 0.6 is 0 Å². The van der Waals surface area contributed by atoms with Crippen LogP contribution in [-0.2, 0) is 11.3 Å². The lowest BCUT2D eigenvalue weighted by Crippen LogP contribution is -2.20. The van der Waals surface area contributed by atoms with Crippen molar-refractivity contribution in [3.8, 4) is 16.9 Å². The van der Waals surface area contributed by atoms with Gasteiger partial charge in [-0.3, -0.25) is 14.9 Å². The van der Waals surface area contributed by atoms with Gasteiger partial charge in [0, 0.05) is 17.6 Å². The van der Waals surface area contributed by atoms with Gasteiger partial charge in [-0.05, 0) is 54.8 Å². The van der Waals surface area contributed by atoms with Crippen molar-refractivity contribution in [1.29, 1.82) is 0 Å². The van der Waals surface area contributed by atoms with Crippen LogP contribution in [0.15, 0.2) is 54.7 Å². The van der Waals surface area contributed by atoms with E-state index in [-0.39, 0.29) is 17.9 Å². The molecule has 0 unspecified atom stereocenters. The van der Waals surface area contributed by atoms with Crippen LogP contribution in [0.5, 0.6) is 5.75 Å². The first-order valence-electron chi connectivity index (χ1n) is 9.89. The number of benzene rings is 2. The molecule has 0 radical (unpaired) electrons. The predicted molar refractivity (Wildman–Crippen MR) is 121 cm³/mol. The van der Waals surface area contributed by atoms with Gasteiger partial charge in [0.2, 0.25) is 5.91 Å². The topological polar surface area (TPSA) is 112 Å². The summed E-state index contributed by atoms with van der Waals surface area (Å²) in [5.41, 5.74) is 3.93. The van der Waals surface area contributed by atoms with Crippen molar-refractivity contribution in [2.24, 2.45) is 0 Å². The van der Waals surface area contributed by atoms with E-state index >= 15 is 0 Å². The number of anilines is 1. The second-order valence-corrected chi connectivity index (χ2v) is 7.35.